The second-order valence-electron chi connectivity index (χ2n) is 9.13. The number of aromatic nitrogens is 3. The maximum Gasteiger partial charge on any atom is 0.253 e. The summed E-state index contributed by atoms with van der Waals surface area (Å²) in [5, 5.41) is 7.07. The van der Waals surface area contributed by atoms with E-state index in [0.29, 0.717) is 36.9 Å². The zero-order chi connectivity index (χ0) is 27.1. The molecule has 202 valence electrons. The molecule has 38 heavy (non-hydrogen) atoms. The minimum atomic E-state index is -0.661. The predicted octanol–water partition coefficient (Wildman–Crippen LogP) is 2.87. The van der Waals surface area contributed by atoms with E-state index in [1.54, 1.807) is 43.4 Å². The highest BCUT2D eigenvalue weighted by Crippen LogP contribution is 2.23. The van der Waals surface area contributed by atoms with E-state index < -0.39 is 12.1 Å². The maximum absolute atomic E-state index is 12.9. The zero-order valence-corrected chi connectivity index (χ0v) is 22.0. The quantitative estimate of drug-likeness (QED) is 0.408. The Morgan fingerprint density at radius 3 is 2.79 bits per heavy atom. The summed E-state index contributed by atoms with van der Waals surface area (Å²) >= 11 is 0. The lowest BCUT2D eigenvalue weighted by Gasteiger charge is -2.21. The Bertz CT molecular complexity index is 1230. The smallest absolute Gasteiger partial charge is 0.253 e. The lowest BCUT2D eigenvalue weighted by Crippen LogP contribution is -2.36. The number of hydrogen-bond donors (Lipinski definition) is 1. The molecule has 3 atom stereocenters. The van der Waals surface area contributed by atoms with Crippen molar-refractivity contribution in [2.24, 2.45) is 0 Å². The number of nitrogens with one attached hydrogen (secondary N) is 1. The Morgan fingerprint density at radius 2 is 2.03 bits per heavy atom. The number of carbonyl (C=O) groups is 2. The van der Waals surface area contributed by atoms with E-state index in [2.05, 4.69) is 15.4 Å². The first kappa shape index (κ1) is 26.9. The van der Waals surface area contributed by atoms with Crippen molar-refractivity contribution in [2.45, 2.75) is 38.5 Å². The third kappa shape index (κ3) is 7.00. The van der Waals surface area contributed by atoms with Crippen LogP contribution in [-0.4, -0.2) is 77.6 Å². The standard InChI is InChI=1S/C27H33N5O6/c1-18-5-7-21(8-6-18)36-12-11-31(3)27(34)19(2)32-16-20(15-29-32)30-26(33)24-13-23(17-37-24)38-22-9-10-28-25(14-22)35-4/h5-10,14-16,19,23-24H,11-13,17H2,1-4H3,(H,30,33)/t19?,23-,24+/m0/s1. The van der Waals surface area contributed by atoms with Crippen LogP contribution in [0.4, 0.5) is 5.69 Å². The highest BCUT2D eigenvalue weighted by atomic mass is 16.6. The van der Waals surface area contributed by atoms with Gasteiger partial charge in [0, 0.05) is 31.9 Å². The molecule has 1 fully saturated rings. The van der Waals surface area contributed by atoms with Crippen molar-refractivity contribution in [3.8, 4) is 17.4 Å². The Kier molecular flexibility index (Phi) is 8.80. The summed E-state index contributed by atoms with van der Waals surface area (Å²) in [5.74, 6) is 1.39. The summed E-state index contributed by atoms with van der Waals surface area (Å²) in [7, 11) is 3.26. The molecule has 1 aliphatic rings. The van der Waals surface area contributed by atoms with Crippen LogP contribution in [0.3, 0.4) is 0 Å². The molecule has 0 bridgehead atoms. The van der Waals surface area contributed by atoms with Gasteiger partial charge in [-0.05, 0) is 32.0 Å². The van der Waals surface area contributed by atoms with Gasteiger partial charge >= 0.3 is 0 Å². The second-order valence-corrected chi connectivity index (χ2v) is 9.13. The molecule has 0 spiro atoms. The zero-order valence-electron chi connectivity index (χ0n) is 22.0. The Balaban J connectivity index is 1.23. The number of nitrogens with zero attached hydrogens (tertiary/aromatic N) is 4. The normalized spacial score (nSPS) is 17.5. The van der Waals surface area contributed by atoms with Crippen LogP contribution in [0.25, 0.3) is 0 Å². The Morgan fingerprint density at radius 1 is 1.24 bits per heavy atom. The number of anilines is 1. The van der Waals surface area contributed by atoms with E-state index >= 15 is 0 Å². The number of benzene rings is 1. The molecule has 1 saturated heterocycles. The summed E-state index contributed by atoms with van der Waals surface area (Å²) in [6.45, 7) is 4.86. The second kappa shape index (κ2) is 12.4. The molecule has 3 aromatic rings. The molecule has 1 unspecified atom stereocenters. The third-order valence-corrected chi connectivity index (χ3v) is 6.19. The predicted molar refractivity (Wildman–Crippen MR) is 139 cm³/mol. The van der Waals surface area contributed by atoms with Gasteiger partial charge in [0.15, 0.2) is 0 Å². The van der Waals surface area contributed by atoms with Crippen molar-refractivity contribution in [3.63, 3.8) is 0 Å². The highest BCUT2D eigenvalue weighted by Gasteiger charge is 2.33. The number of methoxy groups -OCH3 is 1. The van der Waals surface area contributed by atoms with Gasteiger partial charge in [0.05, 0.1) is 32.1 Å². The molecule has 2 amide bonds. The van der Waals surface area contributed by atoms with Gasteiger partial charge in [0.1, 0.15) is 36.4 Å². The van der Waals surface area contributed by atoms with Gasteiger partial charge in [-0.3, -0.25) is 14.3 Å². The van der Waals surface area contributed by atoms with Gasteiger partial charge in [0.25, 0.3) is 5.91 Å². The minimum absolute atomic E-state index is 0.120. The molecule has 11 heteroatoms. The van der Waals surface area contributed by atoms with E-state index in [-0.39, 0.29) is 24.5 Å². The van der Waals surface area contributed by atoms with Gasteiger partial charge in [0.2, 0.25) is 11.8 Å². The monoisotopic (exact) mass is 523 g/mol. The van der Waals surface area contributed by atoms with Crippen LogP contribution in [0.5, 0.6) is 17.4 Å². The van der Waals surface area contributed by atoms with Crippen LogP contribution in [-0.2, 0) is 14.3 Å². The van der Waals surface area contributed by atoms with Crippen molar-refractivity contribution in [1.29, 1.82) is 0 Å². The molecule has 3 heterocycles. The molecule has 11 nitrogen and oxygen atoms in total. The minimum Gasteiger partial charge on any atom is -0.492 e. The largest absolute Gasteiger partial charge is 0.492 e. The SMILES string of the molecule is COc1cc(O[C@@H]2CO[C@@H](C(=O)Nc3cnn(C(C)C(=O)N(C)CCOc4ccc(C)cc4)c3)C2)ccn1. The lowest BCUT2D eigenvalue weighted by atomic mass is 10.2. The van der Waals surface area contributed by atoms with Crippen molar-refractivity contribution >= 4 is 17.5 Å². The fraction of sp³-hybridized carbons (Fsp3) is 0.407. The molecule has 1 N–H and O–H groups in total. The van der Waals surface area contributed by atoms with Gasteiger partial charge in [-0.15, -0.1) is 0 Å². The van der Waals surface area contributed by atoms with Crippen LogP contribution in [0.1, 0.15) is 24.9 Å². The van der Waals surface area contributed by atoms with Gasteiger partial charge in [-0.25, -0.2) is 4.98 Å². The molecule has 4 rings (SSSR count). The van der Waals surface area contributed by atoms with E-state index in [1.807, 2.05) is 31.2 Å². The van der Waals surface area contributed by atoms with Crippen molar-refractivity contribution < 1.29 is 28.5 Å². The molecule has 0 aliphatic carbocycles. The molecule has 2 aromatic heterocycles. The van der Waals surface area contributed by atoms with E-state index in [4.69, 9.17) is 18.9 Å². The third-order valence-electron chi connectivity index (χ3n) is 6.19. The number of pyridine rings is 1. The first-order valence-electron chi connectivity index (χ1n) is 12.4. The van der Waals surface area contributed by atoms with Gasteiger partial charge in [-0.1, -0.05) is 17.7 Å². The number of ether oxygens (including phenoxy) is 4. The maximum atomic E-state index is 12.9. The molecule has 1 aromatic carbocycles. The van der Waals surface area contributed by atoms with E-state index in [1.165, 1.54) is 18.0 Å². The lowest BCUT2D eigenvalue weighted by molar-refractivity contribution is -0.133. The average molecular weight is 524 g/mol. The first-order valence-corrected chi connectivity index (χ1v) is 12.4. The number of likely N-dealkylation sites (N-methyl/N-ethyl adjacent to an activating group) is 1. The Hall–Kier alpha value is -4.12. The topological polar surface area (TPSA) is 117 Å². The summed E-state index contributed by atoms with van der Waals surface area (Å²) in [4.78, 5) is 31.3. The summed E-state index contributed by atoms with van der Waals surface area (Å²) in [6.07, 6.45) is 4.19. The summed E-state index contributed by atoms with van der Waals surface area (Å²) < 4.78 is 23.9. The number of hydrogen-bond acceptors (Lipinski definition) is 8. The van der Waals surface area contributed by atoms with Crippen molar-refractivity contribution in [1.82, 2.24) is 19.7 Å². The van der Waals surface area contributed by atoms with Crippen LogP contribution in [0.15, 0.2) is 55.0 Å². The van der Waals surface area contributed by atoms with Crippen LogP contribution < -0.4 is 19.5 Å². The fourth-order valence-electron chi connectivity index (χ4n) is 3.95. The first-order chi connectivity index (χ1) is 18.3. The van der Waals surface area contributed by atoms with Crippen LogP contribution in [0.2, 0.25) is 0 Å². The van der Waals surface area contributed by atoms with Gasteiger partial charge in [-0.2, -0.15) is 5.10 Å². The number of amides is 2. The van der Waals surface area contributed by atoms with E-state index in [9.17, 15) is 9.59 Å². The van der Waals surface area contributed by atoms with E-state index in [0.717, 1.165) is 11.3 Å². The van der Waals surface area contributed by atoms with Gasteiger partial charge < -0.3 is 29.2 Å². The number of carbonyl (C=O) groups excluding carboxylic acids is 2. The summed E-state index contributed by atoms with van der Waals surface area (Å²) in [5.41, 5.74) is 1.64. The number of aryl methyl sites for hydroxylation is 1. The molecular weight excluding hydrogens is 490 g/mol. The fourth-order valence-corrected chi connectivity index (χ4v) is 3.95. The molecular formula is C27H33N5O6. The highest BCUT2D eigenvalue weighted by molar-refractivity contribution is 5.94. The van der Waals surface area contributed by atoms with Crippen molar-refractivity contribution in [2.75, 3.05) is 39.2 Å². The molecule has 0 saturated carbocycles. The molecule has 0 radical (unpaired) electrons. The summed E-state index contributed by atoms with van der Waals surface area (Å²) in [6, 6.07) is 10.6. The number of rotatable bonds is 11. The van der Waals surface area contributed by atoms with Crippen molar-refractivity contribution in [3.05, 3.63) is 60.6 Å². The molecule has 1 aliphatic heterocycles. The average Bonchev–Trinajstić information content (AvgIpc) is 3.59. The van der Waals surface area contributed by atoms with Crippen LogP contribution >= 0.6 is 0 Å². The van der Waals surface area contributed by atoms with Crippen LogP contribution in [0, 0.1) is 6.92 Å². The Labute approximate surface area is 221 Å².